The molecule has 35 heavy (non-hydrogen) atoms. The molecule has 0 radical (unpaired) electrons. The van der Waals surface area contributed by atoms with Crippen molar-refractivity contribution < 1.29 is 19.4 Å². The highest BCUT2D eigenvalue weighted by Gasteiger charge is 2.35. The van der Waals surface area contributed by atoms with Gasteiger partial charge in [0.05, 0.1) is 42.8 Å². The number of pyridine rings is 1. The van der Waals surface area contributed by atoms with Crippen LogP contribution in [0.2, 0.25) is 0 Å². The van der Waals surface area contributed by atoms with Gasteiger partial charge in [-0.15, -0.1) is 0 Å². The van der Waals surface area contributed by atoms with Gasteiger partial charge in [0.1, 0.15) is 11.9 Å². The number of hydrogen-bond acceptors (Lipinski definition) is 7. The lowest BCUT2D eigenvalue weighted by atomic mass is 9.99. The topological polar surface area (TPSA) is 87.2 Å². The molecule has 188 valence electrons. The highest BCUT2D eigenvalue weighted by Crippen LogP contribution is 2.39. The predicted molar refractivity (Wildman–Crippen MR) is 136 cm³/mol. The van der Waals surface area contributed by atoms with Gasteiger partial charge in [-0.05, 0) is 70.7 Å². The van der Waals surface area contributed by atoms with E-state index in [0.717, 1.165) is 54.3 Å². The van der Waals surface area contributed by atoms with Crippen molar-refractivity contribution in [1.82, 2.24) is 4.98 Å². The summed E-state index contributed by atoms with van der Waals surface area (Å²) in [6, 6.07) is 10.3. The van der Waals surface area contributed by atoms with Crippen molar-refractivity contribution in [2.75, 3.05) is 28.3 Å². The molecule has 0 spiro atoms. The normalized spacial score (nSPS) is 26.5. The standard InChI is InChI=1S/C27H36N4O4/c1-17(2)35-22-7-9-25(34-16-22)27(33)31-15-19-5-4-11-28-26(19)29-23-8-6-20(14-24(23)31)30-12-10-21(32)13-18(30)3/h4-6,8,11,14,17-18,21-22,25,32H,7,9-10,12-13,15-16H2,1-3H3,(H,28,29)/t18-,21+,22+,25-/m1/s1. The van der Waals surface area contributed by atoms with E-state index in [0.29, 0.717) is 19.6 Å². The second kappa shape index (κ2) is 10.1. The van der Waals surface area contributed by atoms with Crippen LogP contribution in [-0.2, 0) is 20.8 Å². The molecule has 2 N–H and O–H groups in total. The first kappa shape index (κ1) is 24.0. The number of carbonyl (C=O) groups excluding carboxylic acids is 1. The molecule has 0 bridgehead atoms. The third-order valence-electron chi connectivity index (χ3n) is 7.17. The van der Waals surface area contributed by atoms with E-state index in [1.807, 2.05) is 36.9 Å². The van der Waals surface area contributed by atoms with Gasteiger partial charge < -0.3 is 29.7 Å². The van der Waals surface area contributed by atoms with Gasteiger partial charge in [-0.1, -0.05) is 6.07 Å². The van der Waals surface area contributed by atoms with Gasteiger partial charge in [0.2, 0.25) is 0 Å². The number of nitrogens with one attached hydrogen (secondary N) is 1. The molecule has 2 aromatic rings. The fourth-order valence-electron chi connectivity index (χ4n) is 5.41. The van der Waals surface area contributed by atoms with Crippen molar-refractivity contribution in [2.24, 2.45) is 0 Å². The van der Waals surface area contributed by atoms with Gasteiger partial charge in [0.25, 0.3) is 5.91 Å². The zero-order chi connectivity index (χ0) is 24.5. The Balaban J connectivity index is 1.44. The van der Waals surface area contributed by atoms with Crippen LogP contribution in [-0.4, -0.2) is 59.6 Å². The van der Waals surface area contributed by atoms with Crippen LogP contribution in [0.25, 0.3) is 0 Å². The zero-order valence-corrected chi connectivity index (χ0v) is 20.8. The Hall–Kier alpha value is -2.68. The van der Waals surface area contributed by atoms with Crippen LogP contribution < -0.4 is 15.1 Å². The molecule has 3 aliphatic heterocycles. The first-order chi connectivity index (χ1) is 16.9. The third-order valence-corrected chi connectivity index (χ3v) is 7.17. The molecule has 0 aliphatic carbocycles. The smallest absolute Gasteiger partial charge is 0.256 e. The van der Waals surface area contributed by atoms with E-state index in [-0.39, 0.29) is 30.3 Å². The molecule has 1 aromatic carbocycles. The number of carbonyl (C=O) groups is 1. The fraction of sp³-hybridized carbons (Fsp3) is 0.556. The maximum absolute atomic E-state index is 13.9. The number of rotatable bonds is 4. The van der Waals surface area contributed by atoms with Crippen LogP contribution in [0.3, 0.4) is 0 Å². The summed E-state index contributed by atoms with van der Waals surface area (Å²) in [4.78, 5) is 22.5. The largest absolute Gasteiger partial charge is 0.393 e. The van der Waals surface area contributed by atoms with Crippen molar-refractivity contribution in [3.63, 3.8) is 0 Å². The number of benzene rings is 1. The van der Waals surface area contributed by atoms with Gasteiger partial charge >= 0.3 is 0 Å². The molecular formula is C27H36N4O4. The predicted octanol–water partition coefficient (Wildman–Crippen LogP) is 3.99. The Morgan fingerprint density at radius 2 is 2.11 bits per heavy atom. The summed E-state index contributed by atoms with van der Waals surface area (Å²) in [6.07, 6.45) is 4.10. The molecule has 1 amide bonds. The van der Waals surface area contributed by atoms with Gasteiger partial charge in [-0.2, -0.15) is 0 Å². The van der Waals surface area contributed by atoms with Crippen LogP contribution in [0.5, 0.6) is 0 Å². The SMILES string of the molecule is CC(C)O[C@H]1CC[C@H](C(=O)N2Cc3cccnc3Nc3ccc(N4CC[C@H](O)C[C@H]4C)cc32)OC1. The van der Waals surface area contributed by atoms with E-state index in [1.165, 1.54) is 0 Å². The molecule has 4 heterocycles. The lowest BCUT2D eigenvalue weighted by Crippen LogP contribution is -2.45. The number of piperidine rings is 1. The van der Waals surface area contributed by atoms with Crippen LogP contribution in [0.4, 0.5) is 22.9 Å². The van der Waals surface area contributed by atoms with Gasteiger partial charge in [-0.3, -0.25) is 4.79 Å². The number of aliphatic hydroxyl groups is 1. The molecule has 0 unspecified atom stereocenters. The quantitative estimate of drug-likeness (QED) is 0.684. The molecule has 1 aromatic heterocycles. The second-order valence-electron chi connectivity index (χ2n) is 10.2. The van der Waals surface area contributed by atoms with Gasteiger partial charge in [0.15, 0.2) is 0 Å². The number of amides is 1. The van der Waals surface area contributed by atoms with E-state index >= 15 is 0 Å². The highest BCUT2D eigenvalue weighted by atomic mass is 16.5. The molecule has 8 heteroatoms. The van der Waals surface area contributed by atoms with E-state index in [9.17, 15) is 9.90 Å². The van der Waals surface area contributed by atoms with Gasteiger partial charge in [-0.25, -0.2) is 4.98 Å². The van der Waals surface area contributed by atoms with Crippen LogP contribution in [0, 0.1) is 0 Å². The van der Waals surface area contributed by atoms with E-state index in [4.69, 9.17) is 9.47 Å². The number of ether oxygens (including phenoxy) is 2. The number of anilines is 4. The Morgan fingerprint density at radius 1 is 1.26 bits per heavy atom. The van der Waals surface area contributed by atoms with E-state index in [2.05, 4.69) is 34.3 Å². The summed E-state index contributed by atoms with van der Waals surface area (Å²) in [7, 11) is 0. The molecule has 3 aliphatic rings. The first-order valence-electron chi connectivity index (χ1n) is 12.8. The van der Waals surface area contributed by atoms with Crippen molar-refractivity contribution in [3.05, 3.63) is 42.1 Å². The first-order valence-corrected chi connectivity index (χ1v) is 12.8. The van der Waals surface area contributed by atoms with Crippen LogP contribution in [0.15, 0.2) is 36.5 Å². The molecule has 8 nitrogen and oxygen atoms in total. The molecular weight excluding hydrogens is 444 g/mol. The van der Waals surface area contributed by atoms with Gasteiger partial charge in [0, 0.05) is 30.0 Å². The summed E-state index contributed by atoms with van der Waals surface area (Å²) in [5.74, 6) is 0.730. The number of aromatic nitrogens is 1. The zero-order valence-electron chi connectivity index (χ0n) is 20.8. The molecule has 2 fully saturated rings. The Labute approximate surface area is 207 Å². The molecule has 2 saturated heterocycles. The van der Waals surface area contributed by atoms with Crippen molar-refractivity contribution in [3.8, 4) is 0 Å². The maximum atomic E-state index is 13.9. The Kier molecular flexibility index (Phi) is 6.95. The average molecular weight is 481 g/mol. The number of hydrogen-bond donors (Lipinski definition) is 2. The summed E-state index contributed by atoms with van der Waals surface area (Å²) >= 11 is 0. The molecule has 4 atom stereocenters. The summed E-state index contributed by atoms with van der Waals surface area (Å²) in [5.41, 5.74) is 3.69. The van der Waals surface area contributed by atoms with Crippen molar-refractivity contribution in [2.45, 2.75) is 83.5 Å². The van der Waals surface area contributed by atoms with Crippen LogP contribution in [0.1, 0.15) is 52.0 Å². The second-order valence-corrected chi connectivity index (χ2v) is 10.2. The fourth-order valence-corrected chi connectivity index (χ4v) is 5.41. The van der Waals surface area contributed by atoms with E-state index in [1.54, 1.807) is 6.20 Å². The molecule has 5 rings (SSSR count). The lowest BCUT2D eigenvalue weighted by molar-refractivity contribution is -0.143. The number of aliphatic hydroxyl groups excluding tert-OH is 1. The Morgan fingerprint density at radius 3 is 2.86 bits per heavy atom. The highest BCUT2D eigenvalue weighted by molar-refractivity contribution is 6.01. The summed E-state index contributed by atoms with van der Waals surface area (Å²) in [5, 5.41) is 13.5. The minimum atomic E-state index is -0.499. The number of nitrogens with zero attached hydrogens (tertiary/aromatic N) is 3. The van der Waals surface area contributed by atoms with Crippen molar-refractivity contribution >= 4 is 28.8 Å². The molecule has 0 saturated carbocycles. The minimum Gasteiger partial charge on any atom is -0.393 e. The van der Waals surface area contributed by atoms with Crippen molar-refractivity contribution in [1.29, 1.82) is 0 Å². The third kappa shape index (κ3) is 5.15. The van der Waals surface area contributed by atoms with Crippen LogP contribution >= 0.6 is 0 Å². The monoisotopic (exact) mass is 480 g/mol. The maximum Gasteiger partial charge on any atom is 0.256 e. The lowest BCUT2D eigenvalue weighted by Gasteiger charge is -2.38. The minimum absolute atomic E-state index is 0.0320. The Bertz CT molecular complexity index is 1050. The summed E-state index contributed by atoms with van der Waals surface area (Å²) < 4.78 is 11.9. The summed E-state index contributed by atoms with van der Waals surface area (Å²) in [6.45, 7) is 7.81. The average Bonchev–Trinajstić information content (AvgIpc) is 3.00. The number of fused-ring (bicyclic) bond motifs is 2. The van der Waals surface area contributed by atoms with E-state index < -0.39 is 6.10 Å².